The van der Waals surface area contributed by atoms with Crippen LogP contribution < -0.4 is 16.4 Å². The molecular weight excluding hydrogens is 391 g/mol. The molecule has 0 aromatic heterocycles. The fourth-order valence-corrected chi connectivity index (χ4v) is 1.93. The van der Waals surface area contributed by atoms with Gasteiger partial charge in [0, 0.05) is 13.1 Å². The normalized spacial score (nSPS) is 11.7. The number of nitrogens with zero attached hydrogens (tertiary/aromatic N) is 1. The molecule has 22 heavy (non-hydrogen) atoms. The smallest absolute Gasteiger partial charge is 0.227 e. The average molecular weight is 426 g/mol. The molecule has 0 rings (SSSR count). The summed E-state index contributed by atoms with van der Waals surface area (Å²) in [5.74, 6) is 0.443. The first kappa shape index (κ1) is 23.7. The Labute approximate surface area is 153 Å². The predicted molar refractivity (Wildman–Crippen MR) is 106 cm³/mol. The summed E-state index contributed by atoms with van der Waals surface area (Å²) in [6.45, 7) is 9.77. The molecule has 0 bridgehead atoms. The molecular formula is C16H35IN4O. The van der Waals surface area contributed by atoms with E-state index in [2.05, 4.69) is 22.5 Å². The molecule has 0 fully saturated rings. The van der Waals surface area contributed by atoms with Gasteiger partial charge < -0.3 is 16.4 Å². The van der Waals surface area contributed by atoms with Crippen LogP contribution >= 0.6 is 24.0 Å². The molecule has 0 aromatic carbocycles. The van der Waals surface area contributed by atoms with Crippen LogP contribution in [0.3, 0.4) is 0 Å². The van der Waals surface area contributed by atoms with Crippen LogP contribution in [0.5, 0.6) is 0 Å². The number of hydrogen-bond acceptors (Lipinski definition) is 2. The van der Waals surface area contributed by atoms with Crippen LogP contribution in [-0.2, 0) is 4.79 Å². The van der Waals surface area contributed by atoms with E-state index < -0.39 is 5.41 Å². The number of carbonyl (C=O) groups excluding carboxylic acids is 1. The van der Waals surface area contributed by atoms with Gasteiger partial charge in [-0.15, -0.1) is 24.0 Å². The highest BCUT2D eigenvalue weighted by molar-refractivity contribution is 14.0. The van der Waals surface area contributed by atoms with Crippen molar-refractivity contribution in [3.8, 4) is 0 Å². The Morgan fingerprint density at radius 3 is 2.23 bits per heavy atom. The van der Waals surface area contributed by atoms with Gasteiger partial charge in [0.25, 0.3) is 0 Å². The summed E-state index contributed by atoms with van der Waals surface area (Å²) in [6.07, 6.45) is 7.55. The molecule has 0 aromatic rings. The summed E-state index contributed by atoms with van der Waals surface area (Å²) in [6, 6.07) is 0. The Morgan fingerprint density at radius 2 is 1.64 bits per heavy atom. The predicted octanol–water partition coefficient (Wildman–Crippen LogP) is 3.03. The van der Waals surface area contributed by atoms with Crippen molar-refractivity contribution in [3.05, 3.63) is 0 Å². The van der Waals surface area contributed by atoms with Gasteiger partial charge in [0.1, 0.15) is 0 Å². The third kappa shape index (κ3) is 12.1. The number of carbonyl (C=O) groups is 1. The van der Waals surface area contributed by atoms with Crippen molar-refractivity contribution in [3.63, 3.8) is 0 Å². The number of halogens is 1. The first-order valence-corrected chi connectivity index (χ1v) is 8.26. The second kappa shape index (κ2) is 14.1. The minimum absolute atomic E-state index is 0. The molecule has 0 atom stereocenters. The summed E-state index contributed by atoms with van der Waals surface area (Å²) in [5.41, 5.74) is 5.30. The molecule has 0 aliphatic heterocycles. The van der Waals surface area contributed by atoms with Gasteiger partial charge in [0.15, 0.2) is 5.96 Å². The number of unbranched alkanes of at least 4 members (excludes halogenated alkanes) is 5. The monoisotopic (exact) mass is 426 g/mol. The van der Waals surface area contributed by atoms with E-state index in [1.54, 1.807) is 0 Å². The molecule has 0 saturated carbocycles. The van der Waals surface area contributed by atoms with Crippen LogP contribution in [0.15, 0.2) is 4.99 Å². The number of nitrogens with two attached hydrogens (primary N) is 1. The van der Waals surface area contributed by atoms with Crippen LogP contribution in [-0.4, -0.2) is 31.5 Å². The molecule has 0 aliphatic carbocycles. The van der Waals surface area contributed by atoms with Crippen molar-refractivity contribution in [2.45, 2.75) is 66.2 Å². The Balaban J connectivity index is 0. The van der Waals surface area contributed by atoms with Gasteiger partial charge in [-0.05, 0) is 27.2 Å². The van der Waals surface area contributed by atoms with E-state index in [1.807, 2.05) is 20.8 Å². The van der Waals surface area contributed by atoms with E-state index in [4.69, 9.17) is 5.73 Å². The summed E-state index contributed by atoms with van der Waals surface area (Å²) < 4.78 is 0. The van der Waals surface area contributed by atoms with E-state index in [-0.39, 0.29) is 29.9 Å². The van der Waals surface area contributed by atoms with Crippen molar-refractivity contribution in [2.24, 2.45) is 16.1 Å². The van der Waals surface area contributed by atoms with Crippen molar-refractivity contribution >= 4 is 35.8 Å². The van der Waals surface area contributed by atoms with Crippen molar-refractivity contribution in [1.29, 1.82) is 0 Å². The van der Waals surface area contributed by atoms with E-state index in [9.17, 15) is 4.79 Å². The second-order valence-corrected chi connectivity index (χ2v) is 6.14. The third-order valence-corrected chi connectivity index (χ3v) is 3.43. The van der Waals surface area contributed by atoms with Crippen LogP contribution in [0.1, 0.15) is 66.2 Å². The molecule has 0 heterocycles. The fraction of sp³-hybridized carbons (Fsp3) is 0.875. The van der Waals surface area contributed by atoms with E-state index in [0.717, 1.165) is 13.0 Å². The van der Waals surface area contributed by atoms with Crippen LogP contribution in [0.25, 0.3) is 0 Å². The summed E-state index contributed by atoms with van der Waals surface area (Å²) in [7, 11) is 0. The maximum atomic E-state index is 11.8. The molecule has 132 valence electrons. The Bertz CT molecular complexity index is 319. The number of hydrogen-bond donors (Lipinski definition) is 3. The molecule has 5 nitrogen and oxygen atoms in total. The zero-order valence-electron chi connectivity index (χ0n) is 14.7. The van der Waals surface area contributed by atoms with Gasteiger partial charge in [-0.3, -0.25) is 9.79 Å². The fourth-order valence-electron chi connectivity index (χ4n) is 1.93. The quantitative estimate of drug-likeness (QED) is 0.206. The largest absolute Gasteiger partial charge is 0.370 e. The van der Waals surface area contributed by atoms with Crippen LogP contribution in [0.2, 0.25) is 0 Å². The van der Waals surface area contributed by atoms with Gasteiger partial charge in [-0.25, -0.2) is 0 Å². The van der Waals surface area contributed by atoms with Crippen LogP contribution in [0, 0.1) is 5.41 Å². The van der Waals surface area contributed by atoms with E-state index in [1.165, 1.54) is 32.1 Å². The molecule has 0 saturated heterocycles. The molecule has 0 unspecified atom stereocenters. The average Bonchev–Trinajstić information content (AvgIpc) is 2.44. The second-order valence-electron chi connectivity index (χ2n) is 6.14. The van der Waals surface area contributed by atoms with E-state index in [0.29, 0.717) is 19.0 Å². The number of nitrogens with one attached hydrogen (secondary N) is 2. The first-order chi connectivity index (χ1) is 9.94. The highest BCUT2D eigenvalue weighted by Gasteiger charge is 2.26. The highest BCUT2D eigenvalue weighted by atomic mass is 127. The minimum Gasteiger partial charge on any atom is -0.370 e. The van der Waals surface area contributed by atoms with E-state index >= 15 is 0 Å². The van der Waals surface area contributed by atoms with Gasteiger partial charge >= 0.3 is 0 Å². The van der Waals surface area contributed by atoms with Gasteiger partial charge in [-0.1, -0.05) is 39.0 Å². The number of amides is 1. The molecule has 0 aliphatic rings. The maximum Gasteiger partial charge on any atom is 0.227 e. The Morgan fingerprint density at radius 1 is 1.05 bits per heavy atom. The molecule has 4 N–H and O–H groups in total. The summed E-state index contributed by atoms with van der Waals surface area (Å²) in [5, 5.41) is 5.93. The van der Waals surface area contributed by atoms with Gasteiger partial charge in [0.2, 0.25) is 5.91 Å². The lowest BCUT2D eigenvalue weighted by atomic mass is 9.92. The lowest BCUT2D eigenvalue weighted by Gasteiger charge is -2.21. The lowest BCUT2D eigenvalue weighted by molar-refractivity contribution is -0.128. The summed E-state index contributed by atoms with van der Waals surface area (Å²) >= 11 is 0. The maximum absolute atomic E-state index is 11.8. The molecule has 6 heteroatoms. The van der Waals surface area contributed by atoms with Crippen LogP contribution in [0.4, 0.5) is 0 Å². The van der Waals surface area contributed by atoms with Gasteiger partial charge in [-0.2, -0.15) is 0 Å². The Hall–Kier alpha value is -0.530. The minimum atomic E-state index is -0.525. The third-order valence-electron chi connectivity index (χ3n) is 3.43. The van der Waals surface area contributed by atoms with Crippen molar-refractivity contribution < 1.29 is 4.79 Å². The topological polar surface area (TPSA) is 79.5 Å². The number of guanidine groups is 1. The zero-order chi connectivity index (χ0) is 16.1. The standard InChI is InChI=1S/C16H34N4O.HI/c1-5-7-8-9-10-11-12-19-15(17)20-13-16(3,4)14(21)18-6-2;/h5-13H2,1-4H3,(H,18,21)(H3,17,19,20);1H. The van der Waals surface area contributed by atoms with Crippen molar-refractivity contribution in [2.75, 3.05) is 19.6 Å². The lowest BCUT2D eigenvalue weighted by Crippen LogP contribution is -2.40. The molecule has 1 amide bonds. The van der Waals surface area contributed by atoms with Gasteiger partial charge in [0.05, 0.1) is 12.0 Å². The zero-order valence-corrected chi connectivity index (χ0v) is 17.0. The SMILES string of the molecule is CCCCCCCCNC(N)=NCC(C)(C)C(=O)NCC.I. The first-order valence-electron chi connectivity index (χ1n) is 8.26. The summed E-state index contributed by atoms with van der Waals surface area (Å²) in [4.78, 5) is 16.1. The Kier molecular flexibility index (Phi) is 15.2. The van der Waals surface area contributed by atoms with Crippen molar-refractivity contribution in [1.82, 2.24) is 10.6 Å². The number of aliphatic imine (C=N–C) groups is 1. The molecule has 0 radical (unpaired) electrons. The highest BCUT2D eigenvalue weighted by Crippen LogP contribution is 2.15. The molecule has 0 spiro atoms. The number of rotatable bonds is 11.